The van der Waals surface area contributed by atoms with Gasteiger partial charge in [-0.05, 0) is 55.2 Å². The number of nitrogens with one attached hydrogen (secondary N) is 1. The van der Waals surface area contributed by atoms with Crippen LogP contribution in [-0.2, 0) is 17.3 Å². The SMILES string of the molecule is O=C(NCCc1ccc(C(F)(F)F)cc1)c1cccc(OCC2CCCO2)c1. The Bertz CT molecular complexity index is 784. The predicted octanol–water partition coefficient (Wildman–Crippen LogP) is 4.24. The molecule has 0 bridgehead atoms. The summed E-state index contributed by atoms with van der Waals surface area (Å²) in [4.78, 5) is 12.3. The lowest BCUT2D eigenvalue weighted by Gasteiger charge is -2.12. The molecule has 1 aliphatic rings. The highest BCUT2D eigenvalue weighted by Crippen LogP contribution is 2.29. The highest BCUT2D eigenvalue weighted by Gasteiger charge is 2.29. The first-order chi connectivity index (χ1) is 13.4. The Kier molecular flexibility index (Phi) is 6.57. The minimum atomic E-state index is -4.34. The number of carbonyl (C=O) groups excluding carboxylic acids is 1. The summed E-state index contributed by atoms with van der Waals surface area (Å²) in [5, 5.41) is 2.78. The van der Waals surface area contributed by atoms with Crippen molar-refractivity contribution in [3.05, 3.63) is 65.2 Å². The number of rotatable bonds is 7. The first kappa shape index (κ1) is 20.2. The highest BCUT2D eigenvalue weighted by atomic mass is 19.4. The van der Waals surface area contributed by atoms with Crippen molar-refractivity contribution in [2.45, 2.75) is 31.5 Å². The summed E-state index contributed by atoms with van der Waals surface area (Å²) in [5.41, 5.74) is 0.513. The van der Waals surface area contributed by atoms with Gasteiger partial charge in [0.1, 0.15) is 12.4 Å². The van der Waals surface area contributed by atoms with Crippen LogP contribution in [0.1, 0.15) is 34.3 Å². The van der Waals surface area contributed by atoms with Crippen LogP contribution >= 0.6 is 0 Å². The average molecular weight is 393 g/mol. The molecule has 1 fully saturated rings. The van der Waals surface area contributed by atoms with Gasteiger partial charge in [0.05, 0.1) is 11.7 Å². The van der Waals surface area contributed by atoms with Crippen molar-refractivity contribution in [1.29, 1.82) is 0 Å². The largest absolute Gasteiger partial charge is 0.491 e. The van der Waals surface area contributed by atoms with Gasteiger partial charge in [0, 0.05) is 18.7 Å². The number of amides is 1. The Labute approximate surface area is 161 Å². The van der Waals surface area contributed by atoms with Gasteiger partial charge in [-0.15, -0.1) is 0 Å². The fourth-order valence-electron chi connectivity index (χ4n) is 2.97. The van der Waals surface area contributed by atoms with Gasteiger partial charge in [0.25, 0.3) is 5.91 Å². The molecule has 2 aromatic carbocycles. The summed E-state index contributed by atoms with van der Waals surface area (Å²) in [6.07, 6.45) is -1.79. The zero-order valence-corrected chi connectivity index (χ0v) is 15.3. The minimum absolute atomic E-state index is 0.0983. The third-order valence-corrected chi connectivity index (χ3v) is 4.54. The maximum Gasteiger partial charge on any atom is 0.416 e. The fraction of sp³-hybridized carbons (Fsp3) is 0.381. The Morgan fingerprint density at radius 2 is 1.96 bits per heavy atom. The lowest BCUT2D eigenvalue weighted by molar-refractivity contribution is -0.137. The second-order valence-electron chi connectivity index (χ2n) is 6.67. The molecule has 28 heavy (non-hydrogen) atoms. The van der Waals surface area contributed by atoms with Gasteiger partial charge in [-0.2, -0.15) is 13.2 Å². The normalized spacial score (nSPS) is 16.8. The van der Waals surface area contributed by atoms with Crippen LogP contribution < -0.4 is 10.1 Å². The monoisotopic (exact) mass is 393 g/mol. The van der Waals surface area contributed by atoms with E-state index in [4.69, 9.17) is 9.47 Å². The average Bonchev–Trinajstić information content (AvgIpc) is 3.20. The summed E-state index contributed by atoms with van der Waals surface area (Å²) in [6, 6.07) is 11.8. The van der Waals surface area contributed by atoms with Crippen molar-refractivity contribution < 1.29 is 27.4 Å². The summed E-state index contributed by atoms with van der Waals surface area (Å²) in [7, 11) is 0. The molecule has 0 spiro atoms. The Morgan fingerprint density at radius 1 is 1.18 bits per heavy atom. The maximum absolute atomic E-state index is 12.6. The first-order valence-electron chi connectivity index (χ1n) is 9.20. The van der Waals surface area contributed by atoms with Gasteiger partial charge >= 0.3 is 6.18 Å². The number of halogens is 3. The lowest BCUT2D eigenvalue weighted by Crippen LogP contribution is -2.25. The van der Waals surface area contributed by atoms with E-state index in [1.54, 1.807) is 24.3 Å². The molecular formula is C21H22F3NO3. The number of benzene rings is 2. The molecule has 0 radical (unpaired) electrons. The van der Waals surface area contributed by atoms with Crippen LogP contribution in [0.2, 0.25) is 0 Å². The van der Waals surface area contributed by atoms with E-state index < -0.39 is 11.7 Å². The summed E-state index contributed by atoms with van der Waals surface area (Å²) in [6.45, 7) is 1.54. The van der Waals surface area contributed by atoms with Crippen molar-refractivity contribution in [1.82, 2.24) is 5.32 Å². The summed E-state index contributed by atoms with van der Waals surface area (Å²) >= 11 is 0. The van der Waals surface area contributed by atoms with E-state index in [1.807, 2.05) is 0 Å². The van der Waals surface area contributed by atoms with Crippen molar-refractivity contribution in [3.8, 4) is 5.75 Å². The molecule has 1 atom stereocenters. The van der Waals surface area contributed by atoms with E-state index in [2.05, 4.69) is 5.32 Å². The molecule has 150 valence electrons. The van der Waals surface area contributed by atoms with Gasteiger partial charge in [0.15, 0.2) is 0 Å². The molecule has 0 aromatic heterocycles. The molecule has 1 heterocycles. The molecule has 1 amide bonds. The van der Waals surface area contributed by atoms with Gasteiger partial charge in [-0.25, -0.2) is 0 Å². The van der Waals surface area contributed by atoms with E-state index in [9.17, 15) is 18.0 Å². The number of hydrogen-bond acceptors (Lipinski definition) is 3. The maximum atomic E-state index is 12.6. The Balaban J connectivity index is 1.47. The van der Waals surface area contributed by atoms with Crippen molar-refractivity contribution >= 4 is 5.91 Å². The van der Waals surface area contributed by atoms with E-state index >= 15 is 0 Å². The van der Waals surface area contributed by atoms with Crippen LogP contribution in [0.3, 0.4) is 0 Å². The first-order valence-corrected chi connectivity index (χ1v) is 9.20. The molecule has 4 nitrogen and oxygen atoms in total. The van der Waals surface area contributed by atoms with Crippen molar-refractivity contribution in [2.24, 2.45) is 0 Å². The molecular weight excluding hydrogens is 371 g/mol. The number of alkyl halides is 3. The molecule has 0 aliphatic carbocycles. The second-order valence-corrected chi connectivity index (χ2v) is 6.67. The number of carbonyl (C=O) groups is 1. The molecule has 0 saturated carbocycles. The molecule has 1 saturated heterocycles. The van der Waals surface area contributed by atoms with Crippen LogP contribution in [0.4, 0.5) is 13.2 Å². The van der Waals surface area contributed by atoms with E-state index in [0.717, 1.165) is 37.1 Å². The van der Waals surface area contributed by atoms with E-state index in [0.29, 0.717) is 30.9 Å². The van der Waals surface area contributed by atoms with Crippen molar-refractivity contribution in [3.63, 3.8) is 0 Å². The number of ether oxygens (including phenoxy) is 2. The van der Waals surface area contributed by atoms with Crippen molar-refractivity contribution in [2.75, 3.05) is 19.8 Å². The quantitative estimate of drug-likeness (QED) is 0.766. The van der Waals surface area contributed by atoms with Gasteiger partial charge < -0.3 is 14.8 Å². The molecule has 1 N–H and O–H groups in total. The topological polar surface area (TPSA) is 47.6 Å². The van der Waals surface area contributed by atoms with Crippen LogP contribution in [0.15, 0.2) is 48.5 Å². The second kappa shape index (κ2) is 9.10. The standard InChI is InChI=1S/C21H22F3NO3/c22-21(23,24)17-8-6-15(7-9-17)10-11-25-20(26)16-3-1-4-18(13-16)28-14-19-5-2-12-27-19/h1,3-4,6-9,13,19H,2,5,10-12,14H2,(H,25,26). The number of hydrogen-bond donors (Lipinski definition) is 1. The van der Waals surface area contributed by atoms with Gasteiger partial charge in [0.2, 0.25) is 0 Å². The molecule has 2 aromatic rings. The van der Waals surface area contributed by atoms with Gasteiger partial charge in [-0.3, -0.25) is 4.79 Å². The van der Waals surface area contributed by atoms with Crippen LogP contribution in [0.25, 0.3) is 0 Å². The molecule has 3 rings (SSSR count). The smallest absolute Gasteiger partial charge is 0.416 e. The van der Waals surface area contributed by atoms with Crippen LogP contribution in [0.5, 0.6) is 5.75 Å². The zero-order valence-electron chi connectivity index (χ0n) is 15.3. The van der Waals surface area contributed by atoms with E-state index in [-0.39, 0.29) is 12.0 Å². The summed E-state index contributed by atoms with van der Waals surface area (Å²) < 4.78 is 48.9. The third-order valence-electron chi connectivity index (χ3n) is 4.54. The predicted molar refractivity (Wildman–Crippen MR) is 98.4 cm³/mol. The fourth-order valence-corrected chi connectivity index (χ4v) is 2.97. The zero-order chi connectivity index (χ0) is 20.0. The Morgan fingerprint density at radius 3 is 2.64 bits per heavy atom. The molecule has 1 unspecified atom stereocenters. The Hall–Kier alpha value is -2.54. The van der Waals surface area contributed by atoms with Crippen LogP contribution in [-0.4, -0.2) is 31.8 Å². The van der Waals surface area contributed by atoms with Gasteiger partial charge in [-0.1, -0.05) is 18.2 Å². The highest BCUT2D eigenvalue weighted by molar-refractivity contribution is 5.94. The summed E-state index contributed by atoms with van der Waals surface area (Å²) in [5.74, 6) is 0.348. The molecule has 1 aliphatic heterocycles. The third kappa shape index (κ3) is 5.73. The van der Waals surface area contributed by atoms with E-state index in [1.165, 1.54) is 12.1 Å². The molecule has 7 heteroatoms. The van der Waals surface area contributed by atoms with Crippen LogP contribution in [0, 0.1) is 0 Å². The minimum Gasteiger partial charge on any atom is -0.491 e. The lowest BCUT2D eigenvalue weighted by atomic mass is 10.1.